The first-order valence-electron chi connectivity index (χ1n) is 10.1. The van der Waals surface area contributed by atoms with Gasteiger partial charge in [-0.15, -0.1) is 0 Å². The summed E-state index contributed by atoms with van der Waals surface area (Å²) in [6.07, 6.45) is 0. The standard InChI is InChI=1S/C26H24N2O/c1-16-13-17(2)25(18(3)14-16)20-9-6-10-23-22(20)15-24(29-23)19-7-4-5-8-21(19)26-27-11-12-28-26/h4-10,13-15H,11-12H2,1-3H3,(H,27,28). The molecule has 0 bridgehead atoms. The van der Waals surface area contributed by atoms with Gasteiger partial charge in [-0.05, 0) is 55.2 Å². The Kier molecular flexibility index (Phi) is 4.24. The van der Waals surface area contributed by atoms with E-state index < -0.39 is 0 Å². The van der Waals surface area contributed by atoms with E-state index in [0.717, 1.165) is 46.8 Å². The van der Waals surface area contributed by atoms with Crippen LogP contribution in [0.3, 0.4) is 0 Å². The molecule has 0 atom stereocenters. The van der Waals surface area contributed by atoms with E-state index in [0.29, 0.717) is 0 Å². The Bertz CT molecular complexity index is 1240. The summed E-state index contributed by atoms with van der Waals surface area (Å²) in [4.78, 5) is 4.61. The molecule has 29 heavy (non-hydrogen) atoms. The van der Waals surface area contributed by atoms with Crippen molar-refractivity contribution in [2.24, 2.45) is 4.99 Å². The number of fused-ring (bicyclic) bond motifs is 1. The first-order valence-corrected chi connectivity index (χ1v) is 10.1. The zero-order valence-electron chi connectivity index (χ0n) is 17.0. The number of rotatable bonds is 3. The lowest BCUT2D eigenvalue weighted by atomic mass is 9.92. The number of benzene rings is 3. The van der Waals surface area contributed by atoms with Crippen LogP contribution in [0, 0.1) is 20.8 Å². The summed E-state index contributed by atoms with van der Waals surface area (Å²) in [6, 6.07) is 21.3. The lowest BCUT2D eigenvalue weighted by molar-refractivity contribution is 0.631. The number of nitrogens with zero attached hydrogens (tertiary/aromatic N) is 1. The summed E-state index contributed by atoms with van der Waals surface area (Å²) in [5, 5.41) is 4.53. The largest absolute Gasteiger partial charge is 0.456 e. The molecule has 1 aliphatic rings. The van der Waals surface area contributed by atoms with Gasteiger partial charge in [0.05, 0.1) is 6.54 Å². The zero-order chi connectivity index (χ0) is 20.0. The number of aryl methyl sites for hydroxylation is 3. The monoisotopic (exact) mass is 380 g/mol. The number of hydrogen-bond donors (Lipinski definition) is 1. The van der Waals surface area contributed by atoms with Crippen LogP contribution in [-0.4, -0.2) is 18.9 Å². The summed E-state index contributed by atoms with van der Waals surface area (Å²) >= 11 is 0. The van der Waals surface area contributed by atoms with Crippen LogP contribution >= 0.6 is 0 Å². The van der Waals surface area contributed by atoms with Gasteiger partial charge in [0.1, 0.15) is 17.2 Å². The van der Waals surface area contributed by atoms with Crippen molar-refractivity contribution in [3.05, 3.63) is 82.9 Å². The van der Waals surface area contributed by atoms with Crippen molar-refractivity contribution in [1.29, 1.82) is 0 Å². The third kappa shape index (κ3) is 3.03. The second kappa shape index (κ2) is 6.93. The van der Waals surface area contributed by atoms with Crippen LogP contribution in [0.1, 0.15) is 22.3 Å². The fourth-order valence-electron chi connectivity index (χ4n) is 4.50. The minimum Gasteiger partial charge on any atom is -0.456 e. The molecule has 0 saturated heterocycles. The summed E-state index contributed by atoms with van der Waals surface area (Å²) in [7, 11) is 0. The maximum Gasteiger partial charge on any atom is 0.136 e. The maximum atomic E-state index is 6.34. The molecule has 1 aromatic heterocycles. The van der Waals surface area contributed by atoms with Crippen molar-refractivity contribution in [2.75, 3.05) is 13.1 Å². The van der Waals surface area contributed by atoms with E-state index in [1.165, 1.54) is 27.8 Å². The minimum absolute atomic E-state index is 0.819. The molecule has 3 nitrogen and oxygen atoms in total. The Morgan fingerprint density at radius 2 is 1.55 bits per heavy atom. The molecule has 1 aliphatic heterocycles. The van der Waals surface area contributed by atoms with Gasteiger partial charge < -0.3 is 9.73 Å². The Morgan fingerprint density at radius 1 is 0.828 bits per heavy atom. The average Bonchev–Trinajstić information content (AvgIpc) is 3.37. The van der Waals surface area contributed by atoms with Crippen LogP contribution in [0.5, 0.6) is 0 Å². The van der Waals surface area contributed by atoms with Gasteiger partial charge in [-0.25, -0.2) is 0 Å². The molecule has 0 fully saturated rings. The third-order valence-electron chi connectivity index (χ3n) is 5.63. The van der Waals surface area contributed by atoms with E-state index in [4.69, 9.17) is 4.42 Å². The van der Waals surface area contributed by atoms with Crippen molar-refractivity contribution < 1.29 is 4.42 Å². The molecule has 0 saturated carbocycles. The number of nitrogens with one attached hydrogen (secondary N) is 1. The molecule has 1 N–H and O–H groups in total. The van der Waals surface area contributed by atoms with Gasteiger partial charge in [-0.2, -0.15) is 0 Å². The molecule has 0 amide bonds. The molecule has 3 heteroatoms. The van der Waals surface area contributed by atoms with Crippen molar-refractivity contribution >= 4 is 16.8 Å². The minimum atomic E-state index is 0.819. The molecule has 4 aromatic rings. The Morgan fingerprint density at radius 3 is 2.28 bits per heavy atom. The molecular formula is C26H24N2O. The highest BCUT2D eigenvalue weighted by Gasteiger charge is 2.18. The van der Waals surface area contributed by atoms with E-state index in [1.807, 2.05) is 0 Å². The second-order valence-electron chi connectivity index (χ2n) is 7.80. The highest BCUT2D eigenvalue weighted by atomic mass is 16.3. The van der Waals surface area contributed by atoms with Crippen molar-refractivity contribution in [1.82, 2.24) is 5.32 Å². The fourth-order valence-corrected chi connectivity index (χ4v) is 4.50. The SMILES string of the molecule is Cc1cc(C)c(-c2cccc3oc(-c4ccccc4C4=NCCN4)cc23)c(C)c1. The first-order chi connectivity index (χ1) is 14.1. The molecule has 144 valence electrons. The number of aliphatic imine (C=N–C) groups is 1. The molecule has 0 unspecified atom stereocenters. The Hall–Kier alpha value is -3.33. The smallest absolute Gasteiger partial charge is 0.136 e. The van der Waals surface area contributed by atoms with Crippen molar-refractivity contribution in [2.45, 2.75) is 20.8 Å². The summed E-state index contributed by atoms with van der Waals surface area (Å²) in [6.45, 7) is 8.24. The zero-order valence-corrected chi connectivity index (χ0v) is 17.0. The molecule has 2 heterocycles. The van der Waals surface area contributed by atoms with Gasteiger partial charge in [0.25, 0.3) is 0 Å². The fraction of sp³-hybridized carbons (Fsp3) is 0.192. The van der Waals surface area contributed by atoms with Crippen LogP contribution in [0.25, 0.3) is 33.4 Å². The second-order valence-corrected chi connectivity index (χ2v) is 7.80. The summed E-state index contributed by atoms with van der Waals surface area (Å²) < 4.78 is 6.34. The number of hydrogen-bond acceptors (Lipinski definition) is 3. The molecular weight excluding hydrogens is 356 g/mol. The average molecular weight is 380 g/mol. The lowest BCUT2D eigenvalue weighted by Gasteiger charge is -2.12. The molecule has 0 aliphatic carbocycles. The maximum absolute atomic E-state index is 6.34. The lowest BCUT2D eigenvalue weighted by Crippen LogP contribution is -2.20. The summed E-state index contributed by atoms with van der Waals surface area (Å²) in [5.41, 5.74) is 9.47. The van der Waals surface area contributed by atoms with Crippen LogP contribution < -0.4 is 5.32 Å². The highest BCUT2D eigenvalue weighted by molar-refractivity contribution is 6.06. The van der Waals surface area contributed by atoms with Gasteiger partial charge in [-0.3, -0.25) is 4.99 Å². The van der Waals surface area contributed by atoms with Crippen molar-refractivity contribution in [3.8, 4) is 22.5 Å². The predicted octanol–water partition coefficient (Wildman–Crippen LogP) is 6.04. The Labute approximate surface area is 171 Å². The Balaban J connectivity index is 1.71. The normalized spacial score (nSPS) is 13.6. The number of furan rings is 1. The van der Waals surface area contributed by atoms with E-state index in [1.54, 1.807) is 0 Å². The van der Waals surface area contributed by atoms with Crippen LogP contribution in [-0.2, 0) is 0 Å². The van der Waals surface area contributed by atoms with Gasteiger partial charge in [0.15, 0.2) is 0 Å². The molecule has 0 radical (unpaired) electrons. The number of amidine groups is 1. The third-order valence-corrected chi connectivity index (χ3v) is 5.63. The van der Waals surface area contributed by atoms with Crippen LogP contribution in [0.4, 0.5) is 0 Å². The molecule has 0 spiro atoms. The van der Waals surface area contributed by atoms with E-state index in [9.17, 15) is 0 Å². The molecule has 3 aromatic carbocycles. The van der Waals surface area contributed by atoms with Crippen molar-refractivity contribution in [3.63, 3.8) is 0 Å². The van der Waals surface area contributed by atoms with E-state index >= 15 is 0 Å². The topological polar surface area (TPSA) is 37.5 Å². The van der Waals surface area contributed by atoms with Crippen LogP contribution in [0.15, 0.2) is 70.1 Å². The predicted molar refractivity (Wildman–Crippen MR) is 121 cm³/mol. The first kappa shape index (κ1) is 17.7. The van der Waals surface area contributed by atoms with Gasteiger partial charge in [-0.1, -0.05) is 54.1 Å². The van der Waals surface area contributed by atoms with Gasteiger partial charge in [0.2, 0.25) is 0 Å². The van der Waals surface area contributed by atoms with Crippen LogP contribution in [0.2, 0.25) is 0 Å². The van der Waals surface area contributed by atoms with E-state index in [2.05, 4.69) is 91.7 Å². The highest BCUT2D eigenvalue weighted by Crippen LogP contribution is 2.38. The summed E-state index contributed by atoms with van der Waals surface area (Å²) in [5.74, 6) is 1.83. The quantitative estimate of drug-likeness (QED) is 0.470. The molecule has 5 rings (SSSR count). The van der Waals surface area contributed by atoms with Gasteiger partial charge in [0, 0.05) is 23.1 Å². The van der Waals surface area contributed by atoms with Gasteiger partial charge >= 0.3 is 0 Å². The van der Waals surface area contributed by atoms with E-state index in [-0.39, 0.29) is 0 Å².